The minimum Gasteiger partial charge on any atom is -0.316 e. The number of hydrogen-bond acceptors (Lipinski definition) is 2. The normalized spacial score (nSPS) is 12.9. The average molecular weight is 283 g/mol. The van der Waals surface area contributed by atoms with E-state index in [1.807, 2.05) is 23.9 Å². The molecule has 1 nitrogen and oxygen atoms in total. The third kappa shape index (κ3) is 6.44. The lowest BCUT2D eigenvalue weighted by Gasteiger charge is -2.19. The highest BCUT2D eigenvalue weighted by atomic mass is 32.2. The van der Waals surface area contributed by atoms with Gasteiger partial charge in [-0.1, -0.05) is 39.0 Å². The Kier molecular flexibility index (Phi) is 8.15. The molecule has 0 radical (unpaired) electrons. The van der Waals surface area contributed by atoms with Crippen molar-refractivity contribution in [2.24, 2.45) is 5.92 Å². The van der Waals surface area contributed by atoms with Gasteiger partial charge in [-0.25, -0.2) is 4.39 Å². The first-order valence-electron chi connectivity index (χ1n) is 7.18. The Morgan fingerprint density at radius 2 is 1.95 bits per heavy atom. The Morgan fingerprint density at radius 1 is 1.21 bits per heavy atom. The third-order valence-electron chi connectivity index (χ3n) is 3.10. The maximum absolute atomic E-state index is 13.9. The molecule has 0 aliphatic carbocycles. The highest BCUT2D eigenvalue weighted by Gasteiger charge is 2.15. The molecule has 1 aromatic carbocycles. The molecule has 1 unspecified atom stereocenters. The second kappa shape index (κ2) is 9.38. The van der Waals surface area contributed by atoms with Crippen molar-refractivity contribution < 1.29 is 4.39 Å². The van der Waals surface area contributed by atoms with E-state index in [-0.39, 0.29) is 11.7 Å². The largest absolute Gasteiger partial charge is 0.316 e. The van der Waals surface area contributed by atoms with E-state index in [4.69, 9.17) is 0 Å². The number of nitrogens with one attached hydrogen (secondary N) is 1. The minimum absolute atomic E-state index is 0.0691. The number of rotatable bonds is 9. The van der Waals surface area contributed by atoms with E-state index in [1.165, 1.54) is 0 Å². The molecule has 0 heterocycles. The molecule has 3 heteroatoms. The van der Waals surface area contributed by atoms with Gasteiger partial charge in [0.2, 0.25) is 0 Å². The molecule has 0 saturated carbocycles. The molecule has 1 atom stereocenters. The number of halogens is 1. The number of benzene rings is 1. The molecular formula is C16H26FNS. The molecule has 19 heavy (non-hydrogen) atoms. The molecule has 0 fully saturated rings. The van der Waals surface area contributed by atoms with Gasteiger partial charge in [0.15, 0.2) is 0 Å². The Morgan fingerprint density at radius 3 is 2.58 bits per heavy atom. The van der Waals surface area contributed by atoms with Crippen LogP contribution in [0.5, 0.6) is 0 Å². The van der Waals surface area contributed by atoms with Crippen LogP contribution in [0.3, 0.4) is 0 Å². The van der Waals surface area contributed by atoms with Crippen molar-refractivity contribution in [3.05, 3.63) is 35.6 Å². The predicted octanol–water partition coefficient (Wildman–Crippen LogP) is 4.30. The first-order chi connectivity index (χ1) is 9.15. The molecule has 0 bridgehead atoms. The fourth-order valence-corrected chi connectivity index (χ4v) is 2.83. The van der Waals surface area contributed by atoms with E-state index < -0.39 is 0 Å². The van der Waals surface area contributed by atoms with Crippen molar-refractivity contribution >= 4 is 11.8 Å². The van der Waals surface area contributed by atoms with Gasteiger partial charge in [0.25, 0.3) is 0 Å². The van der Waals surface area contributed by atoms with Crippen LogP contribution in [0.1, 0.15) is 38.7 Å². The molecule has 1 rings (SSSR count). The first kappa shape index (κ1) is 16.5. The van der Waals surface area contributed by atoms with Gasteiger partial charge in [-0.05, 0) is 42.0 Å². The van der Waals surface area contributed by atoms with Gasteiger partial charge >= 0.3 is 0 Å². The van der Waals surface area contributed by atoms with E-state index in [0.717, 1.165) is 36.6 Å². The molecular weight excluding hydrogens is 257 g/mol. The molecule has 0 aliphatic heterocycles. The van der Waals surface area contributed by atoms with Gasteiger partial charge < -0.3 is 5.32 Å². The lowest BCUT2D eigenvalue weighted by atomic mass is 9.95. The highest BCUT2D eigenvalue weighted by molar-refractivity contribution is 7.99. The van der Waals surface area contributed by atoms with E-state index in [9.17, 15) is 4.39 Å². The lowest BCUT2D eigenvalue weighted by Crippen LogP contribution is -2.26. The zero-order chi connectivity index (χ0) is 14.1. The summed E-state index contributed by atoms with van der Waals surface area (Å²) >= 11 is 1.93. The molecule has 0 aromatic heterocycles. The van der Waals surface area contributed by atoms with Crippen molar-refractivity contribution in [1.82, 2.24) is 5.32 Å². The summed E-state index contributed by atoms with van der Waals surface area (Å²) in [6.07, 6.45) is 1.03. The monoisotopic (exact) mass is 283 g/mol. The molecule has 0 amide bonds. The van der Waals surface area contributed by atoms with Crippen LogP contribution in [0.15, 0.2) is 24.3 Å². The summed E-state index contributed by atoms with van der Waals surface area (Å²) < 4.78 is 13.9. The van der Waals surface area contributed by atoms with Crippen LogP contribution in [0, 0.1) is 11.7 Å². The first-order valence-corrected chi connectivity index (χ1v) is 8.33. The summed E-state index contributed by atoms with van der Waals surface area (Å²) in [6.45, 7) is 8.41. The predicted molar refractivity (Wildman–Crippen MR) is 84.5 cm³/mol. The maximum Gasteiger partial charge on any atom is 0.126 e. The zero-order valence-electron chi connectivity index (χ0n) is 12.3. The molecule has 0 saturated heterocycles. The van der Waals surface area contributed by atoms with Crippen LogP contribution < -0.4 is 5.32 Å². The van der Waals surface area contributed by atoms with Gasteiger partial charge in [0.05, 0.1) is 0 Å². The Hall–Kier alpha value is -0.540. The smallest absolute Gasteiger partial charge is 0.126 e. The molecule has 108 valence electrons. The van der Waals surface area contributed by atoms with Crippen LogP contribution in [0.4, 0.5) is 4.39 Å². The Labute approximate surface area is 121 Å². The fourth-order valence-electron chi connectivity index (χ4n) is 2.09. The molecule has 0 aliphatic rings. The standard InChI is InChI=1S/C16H26FNS/c1-4-19-10-9-14(12-18-11-13(2)3)15-7-5-6-8-16(15)17/h5-8,13-14,18H,4,9-12H2,1-3H3. The summed E-state index contributed by atoms with van der Waals surface area (Å²) in [7, 11) is 0. The van der Waals surface area contributed by atoms with E-state index in [0.29, 0.717) is 5.92 Å². The second-order valence-corrected chi connectivity index (χ2v) is 6.65. The van der Waals surface area contributed by atoms with Gasteiger partial charge in [-0.15, -0.1) is 0 Å². The summed E-state index contributed by atoms with van der Waals surface area (Å²) in [4.78, 5) is 0. The average Bonchev–Trinajstić information content (AvgIpc) is 2.37. The van der Waals surface area contributed by atoms with Gasteiger partial charge in [0, 0.05) is 12.5 Å². The van der Waals surface area contributed by atoms with Crippen molar-refractivity contribution in [3.63, 3.8) is 0 Å². The lowest BCUT2D eigenvalue weighted by molar-refractivity contribution is 0.496. The van der Waals surface area contributed by atoms with Crippen LogP contribution in [-0.4, -0.2) is 24.6 Å². The van der Waals surface area contributed by atoms with Gasteiger partial charge in [-0.2, -0.15) is 11.8 Å². The van der Waals surface area contributed by atoms with E-state index in [2.05, 4.69) is 26.1 Å². The van der Waals surface area contributed by atoms with Crippen molar-refractivity contribution in [2.75, 3.05) is 24.6 Å². The summed E-state index contributed by atoms with van der Waals surface area (Å²) in [6, 6.07) is 7.18. The van der Waals surface area contributed by atoms with Gasteiger partial charge in [0.1, 0.15) is 5.82 Å². The van der Waals surface area contributed by atoms with Crippen molar-refractivity contribution in [2.45, 2.75) is 33.1 Å². The molecule has 0 spiro atoms. The fraction of sp³-hybridized carbons (Fsp3) is 0.625. The summed E-state index contributed by atoms with van der Waals surface area (Å²) in [5.74, 6) is 3.06. The van der Waals surface area contributed by atoms with Crippen LogP contribution in [0.25, 0.3) is 0 Å². The van der Waals surface area contributed by atoms with E-state index >= 15 is 0 Å². The number of thioether (sulfide) groups is 1. The minimum atomic E-state index is -0.0691. The number of hydrogen-bond donors (Lipinski definition) is 1. The topological polar surface area (TPSA) is 12.0 Å². The maximum atomic E-state index is 13.9. The van der Waals surface area contributed by atoms with Crippen LogP contribution in [-0.2, 0) is 0 Å². The van der Waals surface area contributed by atoms with Gasteiger partial charge in [-0.3, -0.25) is 0 Å². The quantitative estimate of drug-likeness (QED) is 0.678. The molecule has 1 aromatic rings. The Bertz CT molecular complexity index is 354. The van der Waals surface area contributed by atoms with Crippen LogP contribution >= 0.6 is 11.8 Å². The van der Waals surface area contributed by atoms with Crippen LogP contribution in [0.2, 0.25) is 0 Å². The van der Waals surface area contributed by atoms with Crippen molar-refractivity contribution in [3.8, 4) is 0 Å². The second-order valence-electron chi connectivity index (χ2n) is 5.26. The zero-order valence-corrected chi connectivity index (χ0v) is 13.1. The van der Waals surface area contributed by atoms with E-state index in [1.54, 1.807) is 12.1 Å². The summed E-state index contributed by atoms with van der Waals surface area (Å²) in [5.41, 5.74) is 0.857. The molecule has 1 N–H and O–H groups in total. The summed E-state index contributed by atoms with van der Waals surface area (Å²) in [5, 5.41) is 3.46. The Balaban J connectivity index is 2.60. The highest BCUT2D eigenvalue weighted by Crippen LogP contribution is 2.23. The SMILES string of the molecule is CCSCCC(CNCC(C)C)c1ccccc1F. The third-order valence-corrected chi connectivity index (χ3v) is 4.04. The van der Waals surface area contributed by atoms with Crippen molar-refractivity contribution in [1.29, 1.82) is 0 Å².